The lowest BCUT2D eigenvalue weighted by Crippen LogP contribution is -2.24. The predicted molar refractivity (Wildman–Crippen MR) is 70.0 cm³/mol. The first-order valence-electron chi connectivity index (χ1n) is 6.60. The molecule has 1 aromatic rings. The van der Waals surface area contributed by atoms with Gasteiger partial charge in [0.25, 0.3) is 0 Å². The van der Waals surface area contributed by atoms with Crippen LogP contribution < -0.4 is 5.73 Å². The average Bonchev–Trinajstić information content (AvgIpc) is 2.82. The predicted octanol–water partition coefficient (Wildman–Crippen LogP) is 1.62. The zero-order valence-electron chi connectivity index (χ0n) is 11.2. The minimum atomic E-state index is 0.459. The van der Waals surface area contributed by atoms with Crippen molar-refractivity contribution in [1.29, 1.82) is 0 Å². The van der Waals surface area contributed by atoms with Crippen LogP contribution in [-0.2, 0) is 6.42 Å². The first-order chi connectivity index (χ1) is 8.15. The molecule has 0 aromatic carbocycles. The van der Waals surface area contributed by atoms with E-state index in [1.165, 1.54) is 36.3 Å². The van der Waals surface area contributed by atoms with Gasteiger partial charge in [-0.2, -0.15) is 5.10 Å². The molecule has 2 N–H and O–H groups in total. The number of likely N-dealkylation sites (tertiary alicyclic amines) is 1. The summed E-state index contributed by atoms with van der Waals surface area (Å²) in [6, 6.07) is 0. The Kier molecular flexibility index (Phi) is 3.84. The van der Waals surface area contributed by atoms with Crippen LogP contribution >= 0.6 is 0 Å². The third-order valence-corrected chi connectivity index (χ3v) is 3.87. The number of aryl methyl sites for hydroxylation is 1. The summed E-state index contributed by atoms with van der Waals surface area (Å²) in [6.07, 6.45) is 5.06. The van der Waals surface area contributed by atoms with Crippen molar-refractivity contribution in [2.45, 2.75) is 45.7 Å². The molecule has 0 aliphatic carbocycles. The number of rotatable bonds is 4. The normalized spacial score (nSPS) is 21.3. The minimum absolute atomic E-state index is 0.459. The Morgan fingerprint density at radius 1 is 1.41 bits per heavy atom. The molecule has 1 aliphatic rings. The van der Waals surface area contributed by atoms with Gasteiger partial charge in [-0.3, -0.25) is 9.58 Å². The molecule has 0 spiro atoms. The average molecular weight is 236 g/mol. The summed E-state index contributed by atoms with van der Waals surface area (Å²) in [5, 5.41) is 4.73. The summed E-state index contributed by atoms with van der Waals surface area (Å²) in [7, 11) is 2.19. The van der Waals surface area contributed by atoms with Gasteiger partial charge in [0, 0.05) is 5.69 Å². The van der Waals surface area contributed by atoms with E-state index in [4.69, 9.17) is 10.8 Å². The Labute approximate surface area is 104 Å². The first-order valence-corrected chi connectivity index (χ1v) is 6.60. The van der Waals surface area contributed by atoms with E-state index in [9.17, 15) is 0 Å². The standard InChI is InChI=1S/C13H24N4/c1-10-12(6-4-8-14)11(2)17(15-10)13-7-5-9-16(13)3/h13H,4-9,14H2,1-3H3. The SMILES string of the molecule is Cc1nn(C2CCCN2C)c(C)c1CCCN. The summed E-state index contributed by atoms with van der Waals surface area (Å²) in [5.41, 5.74) is 9.50. The van der Waals surface area contributed by atoms with Crippen molar-refractivity contribution < 1.29 is 0 Å². The summed E-state index contributed by atoms with van der Waals surface area (Å²) in [4.78, 5) is 2.39. The molecule has 2 rings (SSSR count). The van der Waals surface area contributed by atoms with Gasteiger partial charge in [-0.1, -0.05) is 0 Å². The maximum Gasteiger partial charge on any atom is 0.104 e. The largest absolute Gasteiger partial charge is 0.330 e. The number of nitrogens with two attached hydrogens (primary N) is 1. The van der Waals surface area contributed by atoms with Gasteiger partial charge in [0.2, 0.25) is 0 Å². The Morgan fingerprint density at radius 3 is 2.76 bits per heavy atom. The van der Waals surface area contributed by atoms with E-state index in [2.05, 4.69) is 30.5 Å². The molecule has 0 amide bonds. The van der Waals surface area contributed by atoms with E-state index >= 15 is 0 Å². The second-order valence-corrected chi connectivity index (χ2v) is 5.09. The molecule has 0 bridgehead atoms. The highest BCUT2D eigenvalue weighted by Gasteiger charge is 2.25. The third-order valence-electron chi connectivity index (χ3n) is 3.87. The van der Waals surface area contributed by atoms with Gasteiger partial charge in [-0.05, 0) is 65.2 Å². The van der Waals surface area contributed by atoms with Crippen LogP contribution in [0.4, 0.5) is 0 Å². The fourth-order valence-electron chi connectivity index (χ4n) is 2.83. The van der Waals surface area contributed by atoms with E-state index in [-0.39, 0.29) is 0 Å². The van der Waals surface area contributed by atoms with Crippen molar-refractivity contribution in [3.63, 3.8) is 0 Å². The Balaban J connectivity index is 2.23. The van der Waals surface area contributed by atoms with Gasteiger partial charge < -0.3 is 5.73 Å². The number of hydrogen-bond donors (Lipinski definition) is 1. The topological polar surface area (TPSA) is 47.1 Å². The van der Waals surface area contributed by atoms with Crippen molar-refractivity contribution in [1.82, 2.24) is 14.7 Å². The van der Waals surface area contributed by atoms with Crippen molar-refractivity contribution in [3.8, 4) is 0 Å². The van der Waals surface area contributed by atoms with Crippen LogP contribution in [0.5, 0.6) is 0 Å². The van der Waals surface area contributed by atoms with Gasteiger partial charge in [-0.15, -0.1) is 0 Å². The van der Waals surface area contributed by atoms with E-state index in [0.717, 1.165) is 19.4 Å². The van der Waals surface area contributed by atoms with Gasteiger partial charge >= 0.3 is 0 Å². The fourth-order valence-corrected chi connectivity index (χ4v) is 2.83. The lowest BCUT2D eigenvalue weighted by Gasteiger charge is -2.21. The molecular formula is C13H24N4. The van der Waals surface area contributed by atoms with E-state index in [1.807, 2.05) is 0 Å². The Hall–Kier alpha value is -0.870. The first kappa shape index (κ1) is 12.6. The summed E-state index contributed by atoms with van der Waals surface area (Å²) in [5.74, 6) is 0. The van der Waals surface area contributed by atoms with Crippen LogP contribution in [0, 0.1) is 13.8 Å². The van der Waals surface area contributed by atoms with Crippen molar-refractivity contribution >= 4 is 0 Å². The summed E-state index contributed by atoms with van der Waals surface area (Å²) < 4.78 is 2.22. The Bertz CT molecular complexity index is 383. The van der Waals surface area contributed by atoms with Gasteiger partial charge in [0.05, 0.1) is 5.69 Å². The highest BCUT2D eigenvalue weighted by atomic mass is 15.4. The van der Waals surface area contributed by atoms with E-state index in [0.29, 0.717) is 6.17 Å². The molecule has 1 saturated heterocycles. The molecule has 4 heteroatoms. The van der Waals surface area contributed by atoms with Crippen molar-refractivity contribution in [2.75, 3.05) is 20.1 Å². The molecule has 1 unspecified atom stereocenters. The molecule has 1 atom stereocenters. The smallest absolute Gasteiger partial charge is 0.104 e. The molecular weight excluding hydrogens is 212 g/mol. The monoisotopic (exact) mass is 236 g/mol. The number of nitrogens with zero attached hydrogens (tertiary/aromatic N) is 3. The quantitative estimate of drug-likeness (QED) is 0.864. The van der Waals surface area contributed by atoms with Crippen LogP contribution in [0.3, 0.4) is 0 Å². The van der Waals surface area contributed by atoms with Gasteiger partial charge in [-0.25, -0.2) is 0 Å². The van der Waals surface area contributed by atoms with Crippen molar-refractivity contribution in [3.05, 3.63) is 17.0 Å². The molecule has 0 saturated carbocycles. The molecule has 2 heterocycles. The molecule has 1 fully saturated rings. The summed E-state index contributed by atoms with van der Waals surface area (Å²) >= 11 is 0. The zero-order valence-corrected chi connectivity index (χ0v) is 11.2. The van der Waals surface area contributed by atoms with Crippen LogP contribution in [0.25, 0.3) is 0 Å². The van der Waals surface area contributed by atoms with E-state index < -0.39 is 0 Å². The maximum absolute atomic E-state index is 5.59. The highest BCUT2D eigenvalue weighted by Crippen LogP contribution is 2.28. The van der Waals surface area contributed by atoms with E-state index in [1.54, 1.807) is 0 Å². The van der Waals surface area contributed by atoms with Gasteiger partial charge in [0.1, 0.15) is 6.17 Å². The van der Waals surface area contributed by atoms with Gasteiger partial charge in [0.15, 0.2) is 0 Å². The second kappa shape index (κ2) is 5.19. The molecule has 4 nitrogen and oxygen atoms in total. The lowest BCUT2D eigenvalue weighted by atomic mass is 10.1. The van der Waals surface area contributed by atoms with Crippen molar-refractivity contribution in [2.24, 2.45) is 5.73 Å². The molecule has 0 radical (unpaired) electrons. The third kappa shape index (κ3) is 2.38. The second-order valence-electron chi connectivity index (χ2n) is 5.09. The lowest BCUT2D eigenvalue weighted by molar-refractivity contribution is 0.216. The van der Waals surface area contributed by atoms with Crippen LogP contribution in [0.1, 0.15) is 42.4 Å². The van der Waals surface area contributed by atoms with Crippen LogP contribution in [-0.4, -0.2) is 34.8 Å². The number of hydrogen-bond acceptors (Lipinski definition) is 3. The Morgan fingerprint density at radius 2 is 2.18 bits per heavy atom. The zero-order chi connectivity index (χ0) is 12.4. The minimum Gasteiger partial charge on any atom is -0.330 e. The number of aromatic nitrogens is 2. The summed E-state index contributed by atoms with van der Waals surface area (Å²) in [6.45, 7) is 6.25. The molecule has 1 aliphatic heterocycles. The van der Waals surface area contributed by atoms with Crippen LogP contribution in [0.2, 0.25) is 0 Å². The molecule has 17 heavy (non-hydrogen) atoms. The molecule has 96 valence electrons. The fraction of sp³-hybridized carbons (Fsp3) is 0.769. The molecule has 1 aromatic heterocycles. The highest BCUT2D eigenvalue weighted by molar-refractivity contribution is 5.25. The van der Waals surface area contributed by atoms with Crippen LogP contribution in [0.15, 0.2) is 0 Å². The maximum atomic E-state index is 5.59.